The van der Waals surface area contributed by atoms with Crippen molar-refractivity contribution in [2.45, 2.75) is 44.4 Å². The second-order valence-corrected chi connectivity index (χ2v) is 15.1. The molecule has 1 saturated heterocycles. The average molecular weight is 478 g/mol. The van der Waals surface area contributed by atoms with E-state index in [1.54, 1.807) is 0 Å². The largest absolute Gasteiger partial charge is 0.465 e. The molecule has 0 aromatic heterocycles. The molecule has 2 aromatic carbocycles. The summed E-state index contributed by atoms with van der Waals surface area (Å²) in [6.45, 7) is 6.61. The van der Waals surface area contributed by atoms with Crippen LogP contribution in [0.15, 0.2) is 60.7 Å². The first kappa shape index (κ1) is 24.4. The van der Waals surface area contributed by atoms with E-state index in [1.165, 1.54) is 4.90 Å². The first-order valence-corrected chi connectivity index (χ1v) is 14.3. The van der Waals surface area contributed by atoms with Crippen molar-refractivity contribution < 1.29 is 26.9 Å². The van der Waals surface area contributed by atoms with Crippen molar-refractivity contribution in [3.8, 4) is 0 Å². The van der Waals surface area contributed by atoms with Crippen LogP contribution in [-0.4, -0.2) is 64.4 Å². The van der Waals surface area contributed by atoms with Crippen LogP contribution < -0.4 is 10.4 Å². The summed E-state index contributed by atoms with van der Waals surface area (Å²) >= 11 is 0. The number of carboxylic acid groups (broad SMARTS) is 1. The van der Waals surface area contributed by atoms with Crippen LogP contribution in [0.5, 0.6) is 0 Å². The van der Waals surface area contributed by atoms with E-state index < -0.39 is 36.7 Å². The summed E-state index contributed by atoms with van der Waals surface area (Å²) in [4.78, 5) is 13.1. The van der Waals surface area contributed by atoms with Crippen LogP contribution in [0.1, 0.15) is 27.2 Å². The Labute approximate surface area is 191 Å². The molecule has 1 aliphatic heterocycles. The van der Waals surface area contributed by atoms with Crippen LogP contribution in [-0.2, 0) is 18.7 Å². The molecule has 0 radical (unpaired) electrons. The zero-order valence-corrected chi connectivity index (χ0v) is 20.7. The third kappa shape index (κ3) is 5.23. The Morgan fingerprint density at radius 3 is 1.97 bits per heavy atom. The monoisotopic (exact) mass is 477 g/mol. The Balaban J connectivity index is 1.98. The van der Waals surface area contributed by atoms with Crippen LogP contribution in [0.2, 0.25) is 5.04 Å². The van der Waals surface area contributed by atoms with E-state index in [9.17, 15) is 18.3 Å². The highest BCUT2D eigenvalue weighted by atomic mass is 32.2. The lowest BCUT2D eigenvalue weighted by Crippen LogP contribution is -2.67. The fraction of sp³-hybridized carbons (Fsp3) is 0.435. The molecule has 32 heavy (non-hydrogen) atoms. The molecule has 1 N–H and O–H groups in total. The fourth-order valence-corrected chi connectivity index (χ4v) is 9.80. The van der Waals surface area contributed by atoms with Crippen LogP contribution in [0.4, 0.5) is 4.79 Å². The van der Waals surface area contributed by atoms with E-state index in [-0.39, 0.29) is 24.6 Å². The minimum atomic E-state index is -3.68. The average Bonchev–Trinajstić information content (AvgIpc) is 3.10. The number of carbonyl (C=O) groups is 1. The molecule has 0 unspecified atom stereocenters. The lowest BCUT2D eigenvalue weighted by atomic mass is 10.2. The molecule has 9 heteroatoms. The van der Waals surface area contributed by atoms with E-state index in [0.717, 1.165) is 16.6 Å². The molecule has 0 saturated carbocycles. The number of likely N-dealkylation sites (tertiary alicyclic amines) is 1. The van der Waals surface area contributed by atoms with Crippen molar-refractivity contribution in [3.63, 3.8) is 0 Å². The third-order valence-corrected chi connectivity index (χ3v) is 11.5. The molecular formula is C23H31NO6SSi. The Hall–Kier alpha value is -2.20. The van der Waals surface area contributed by atoms with Crippen LogP contribution in [0, 0.1) is 0 Å². The lowest BCUT2D eigenvalue weighted by Gasteiger charge is -2.43. The third-order valence-electron chi connectivity index (χ3n) is 5.84. The molecule has 1 aliphatic rings. The molecule has 0 aliphatic carbocycles. The van der Waals surface area contributed by atoms with Gasteiger partial charge < -0.3 is 14.4 Å². The zero-order valence-electron chi connectivity index (χ0n) is 18.9. The van der Waals surface area contributed by atoms with Gasteiger partial charge in [0.2, 0.25) is 0 Å². The van der Waals surface area contributed by atoms with Gasteiger partial charge in [0, 0.05) is 0 Å². The summed E-state index contributed by atoms with van der Waals surface area (Å²) in [7, 11) is -6.51. The fourth-order valence-electron chi connectivity index (χ4n) is 4.57. The van der Waals surface area contributed by atoms with Gasteiger partial charge in [-0.05, 0) is 21.8 Å². The van der Waals surface area contributed by atoms with Crippen molar-refractivity contribution in [1.29, 1.82) is 0 Å². The molecule has 1 fully saturated rings. The molecule has 174 valence electrons. The van der Waals surface area contributed by atoms with Gasteiger partial charge in [-0.2, -0.15) is 8.42 Å². The van der Waals surface area contributed by atoms with Gasteiger partial charge in [0.1, 0.15) is 0 Å². The highest BCUT2D eigenvalue weighted by Gasteiger charge is 2.51. The first-order chi connectivity index (χ1) is 14.9. The van der Waals surface area contributed by atoms with Crippen LogP contribution in [0.25, 0.3) is 0 Å². The van der Waals surface area contributed by atoms with Gasteiger partial charge in [-0.1, -0.05) is 81.4 Å². The van der Waals surface area contributed by atoms with Crippen molar-refractivity contribution in [2.24, 2.45) is 0 Å². The molecule has 1 heterocycles. The highest BCUT2D eigenvalue weighted by Crippen LogP contribution is 2.37. The maximum Gasteiger partial charge on any atom is 0.407 e. The Kier molecular flexibility index (Phi) is 7.14. The van der Waals surface area contributed by atoms with Crippen molar-refractivity contribution in [2.75, 3.05) is 19.4 Å². The molecule has 7 nitrogen and oxygen atoms in total. The maximum atomic E-state index is 11.9. The van der Waals surface area contributed by atoms with Crippen LogP contribution in [0.3, 0.4) is 0 Å². The lowest BCUT2D eigenvalue weighted by molar-refractivity contribution is 0.119. The second kappa shape index (κ2) is 9.34. The summed E-state index contributed by atoms with van der Waals surface area (Å²) in [5.41, 5.74) is 0. The smallest absolute Gasteiger partial charge is 0.407 e. The Morgan fingerprint density at radius 2 is 1.56 bits per heavy atom. The minimum absolute atomic E-state index is 0.00280. The van der Waals surface area contributed by atoms with Gasteiger partial charge >= 0.3 is 6.09 Å². The van der Waals surface area contributed by atoms with Gasteiger partial charge in [0.25, 0.3) is 18.4 Å². The van der Waals surface area contributed by atoms with E-state index in [0.29, 0.717) is 0 Å². The SMILES string of the molecule is CC(C)(C)[Si](OC[C@H]1C[C@@H](OS(C)(=O)=O)CN1C(=O)O)(c1ccccc1)c1ccccc1. The van der Waals surface area contributed by atoms with Crippen molar-refractivity contribution >= 4 is 34.9 Å². The van der Waals surface area contributed by atoms with Crippen LogP contribution >= 0.6 is 0 Å². The van der Waals surface area contributed by atoms with E-state index in [2.05, 4.69) is 45.0 Å². The van der Waals surface area contributed by atoms with Crippen molar-refractivity contribution in [1.82, 2.24) is 4.90 Å². The number of nitrogens with zero attached hydrogens (tertiary/aromatic N) is 1. The number of rotatable bonds is 7. The molecular weight excluding hydrogens is 446 g/mol. The number of amides is 1. The highest BCUT2D eigenvalue weighted by molar-refractivity contribution is 7.86. The summed E-state index contributed by atoms with van der Waals surface area (Å²) in [6.07, 6.45) is -0.587. The number of hydrogen-bond acceptors (Lipinski definition) is 5. The molecule has 3 rings (SSSR count). The van der Waals surface area contributed by atoms with E-state index >= 15 is 0 Å². The van der Waals surface area contributed by atoms with Gasteiger partial charge in [0.15, 0.2) is 0 Å². The predicted molar refractivity (Wildman–Crippen MR) is 126 cm³/mol. The quantitative estimate of drug-likeness (QED) is 0.487. The van der Waals surface area contributed by atoms with Crippen molar-refractivity contribution in [3.05, 3.63) is 60.7 Å². The number of benzene rings is 2. The summed E-state index contributed by atoms with van der Waals surface area (Å²) < 4.78 is 35.1. The molecule has 0 bridgehead atoms. The van der Waals surface area contributed by atoms with Gasteiger partial charge in [-0.15, -0.1) is 0 Å². The Morgan fingerprint density at radius 1 is 1.06 bits per heavy atom. The zero-order chi connectivity index (χ0) is 23.6. The first-order valence-electron chi connectivity index (χ1n) is 10.6. The number of hydrogen-bond donors (Lipinski definition) is 1. The summed E-state index contributed by atoms with van der Waals surface area (Å²) in [5.74, 6) is 0. The standard InChI is InChI=1S/C23H31NO6SSi/c1-23(2,3)32(20-11-7-5-8-12-20,21-13-9-6-10-14-21)29-17-18-15-19(30-31(4,27)28)16-24(18)22(25)26/h5-14,18-19H,15-17H2,1-4H3,(H,25,26)/t18-,19-/m1/s1. The maximum absolute atomic E-state index is 11.9. The molecule has 2 atom stereocenters. The summed E-state index contributed by atoms with van der Waals surface area (Å²) in [5, 5.41) is 11.7. The predicted octanol–water partition coefficient (Wildman–Crippen LogP) is 2.66. The Bertz CT molecular complexity index is 984. The van der Waals surface area contributed by atoms with Gasteiger partial charge in [-0.25, -0.2) is 4.79 Å². The van der Waals surface area contributed by atoms with E-state index in [4.69, 9.17) is 8.61 Å². The normalized spacial score (nSPS) is 19.8. The molecule has 1 amide bonds. The molecule has 0 spiro atoms. The topological polar surface area (TPSA) is 93.1 Å². The van der Waals surface area contributed by atoms with Gasteiger partial charge in [-0.3, -0.25) is 4.18 Å². The second-order valence-electron chi connectivity index (χ2n) is 9.22. The van der Waals surface area contributed by atoms with E-state index in [1.807, 2.05) is 36.4 Å². The summed E-state index contributed by atoms with van der Waals surface area (Å²) in [6, 6.07) is 19.7. The molecule has 2 aromatic rings. The van der Waals surface area contributed by atoms with Gasteiger partial charge in [0.05, 0.1) is 31.6 Å². The minimum Gasteiger partial charge on any atom is -0.465 e.